The van der Waals surface area contributed by atoms with E-state index in [1.807, 2.05) is 6.92 Å². The first kappa shape index (κ1) is 20.5. The maximum atomic E-state index is 12.7. The SMILES string of the molecule is CCO/N=C(\CC)C1=C(O)CC(c2nc(OC)c(OC)c(OC)n2)CC1=O. The fourth-order valence-corrected chi connectivity index (χ4v) is 2.89. The van der Waals surface area contributed by atoms with Crippen molar-refractivity contribution in [1.29, 1.82) is 0 Å². The number of aliphatic hydroxyl groups is 1. The number of rotatable bonds is 8. The van der Waals surface area contributed by atoms with Crippen molar-refractivity contribution in [2.24, 2.45) is 5.16 Å². The summed E-state index contributed by atoms with van der Waals surface area (Å²) in [5.74, 6) is 0.309. The van der Waals surface area contributed by atoms with Crippen molar-refractivity contribution in [2.75, 3.05) is 27.9 Å². The van der Waals surface area contributed by atoms with Crippen LogP contribution < -0.4 is 14.2 Å². The fraction of sp³-hybridized carbons (Fsp3) is 0.556. The number of nitrogens with zero attached hydrogens (tertiary/aromatic N) is 3. The standard InChI is InChI=1S/C18H25N3O6/c1-6-11(21-27-7-2)14-12(22)8-10(9-13(14)23)16-19-17(25-4)15(24-3)18(20-16)26-5/h10,22H,6-9H2,1-5H3/b21-11+. The lowest BCUT2D eigenvalue weighted by atomic mass is 9.84. The topological polar surface area (TPSA) is 112 Å². The molecular formula is C18H25N3O6. The number of hydrogen-bond acceptors (Lipinski definition) is 9. The number of aliphatic hydroxyl groups excluding tert-OH is 1. The molecule has 1 aromatic heterocycles. The van der Waals surface area contributed by atoms with Crippen LogP contribution in [0, 0.1) is 0 Å². The lowest BCUT2D eigenvalue weighted by molar-refractivity contribution is -0.116. The molecule has 1 heterocycles. The number of carbonyl (C=O) groups excluding carboxylic acids is 1. The second-order valence-corrected chi connectivity index (χ2v) is 5.79. The van der Waals surface area contributed by atoms with Crippen LogP contribution in [0.15, 0.2) is 16.5 Å². The summed E-state index contributed by atoms with van der Waals surface area (Å²) in [5.41, 5.74) is 0.651. The molecule has 0 fully saturated rings. The van der Waals surface area contributed by atoms with Gasteiger partial charge in [0.25, 0.3) is 11.8 Å². The summed E-state index contributed by atoms with van der Waals surface area (Å²) in [6, 6.07) is 0. The molecule has 1 unspecified atom stereocenters. The van der Waals surface area contributed by atoms with Crippen LogP contribution in [0.5, 0.6) is 17.5 Å². The van der Waals surface area contributed by atoms with Crippen molar-refractivity contribution in [2.45, 2.75) is 39.0 Å². The van der Waals surface area contributed by atoms with Gasteiger partial charge in [-0.05, 0) is 13.3 Å². The van der Waals surface area contributed by atoms with E-state index >= 15 is 0 Å². The first-order chi connectivity index (χ1) is 13.0. The quantitative estimate of drug-likeness (QED) is 0.542. The van der Waals surface area contributed by atoms with Crippen molar-refractivity contribution in [1.82, 2.24) is 9.97 Å². The van der Waals surface area contributed by atoms with E-state index in [1.54, 1.807) is 6.92 Å². The number of ether oxygens (including phenoxy) is 3. The van der Waals surface area contributed by atoms with Crippen LogP contribution in [0.25, 0.3) is 0 Å². The first-order valence-electron chi connectivity index (χ1n) is 8.68. The van der Waals surface area contributed by atoms with E-state index in [1.165, 1.54) is 21.3 Å². The Labute approximate surface area is 158 Å². The molecule has 2 rings (SSSR count). The minimum atomic E-state index is -0.417. The Bertz CT molecular complexity index is 734. The summed E-state index contributed by atoms with van der Waals surface area (Å²) in [5, 5.41) is 14.5. The smallest absolute Gasteiger partial charge is 0.264 e. The molecule has 0 saturated heterocycles. The molecule has 148 valence electrons. The minimum absolute atomic E-state index is 0.0473. The minimum Gasteiger partial charge on any atom is -0.511 e. The molecule has 0 amide bonds. The number of methoxy groups -OCH3 is 3. The van der Waals surface area contributed by atoms with Gasteiger partial charge in [-0.15, -0.1) is 0 Å². The van der Waals surface area contributed by atoms with Crippen molar-refractivity contribution >= 4 is 11.5 Å². The number of ketones is 1. The van der Waals surface area contributed by atoms with Gasteiger partial charge in [-0.25, -0.2) is 0 Å². The van der Waals surface area contributed by atoms with E-state index in [4.69, 9.17) is 19.0 Å². The molecule has 9 nitrogen and oxygen atoms in total. The molecule has 27 heavy (non-hydrogen) atoms. The molecule has 1 aliphatic rings. The van der Waals surface area contributed by atoms with Crippen LogP contribution in [-0.2, 0) is 9.63 Å². The normalized spacial score (nSPS) is 17.7. The Morgan fingerprint density at radius 1 is 1.11 bits per heavy atom. The van der Waals surface area contributed by atoms with Crippen LogP contribution in [0.2, 0.25) is 0 Å². The van der Waals surface area contributed by atoms with Crippen molar-refractivity contribution in [3.05, 3.63) is 17.2 Å². The van der Waals surface area contributed by atoms with Gasteiger partial charge < -0.3 is 24.2 Å². The van der Waals surface area contributed by atoms with Crippen LogP contribution in [-0.4, -0.2) is 54.5 Å². The molecule has 9 heteroatoms. The first-order valence-corrected chi connectivity index (χ1v) is 8.68. The van der Waals surface area contributed by atoms with Gasteiger partial charge in [0.05, 0.1) is 32.6 Å². The average molecular weight is 379 g/mol. The Morgan fingerprint density at radius 2 is 1.74 bits per heavy atom. The molecule has 0 aliphatic heterocycles. The molecule has 0 bridgehead atoms. The summed E-state index contributed by atoms with van der Waals surface area (Å²) in [7, 11) is 4.36. The lowest BCUT2D eigenvalue weighted by Gasteiger charge is -2.23. The van der Waals surface area contributed by atoms with Gasteiger partial charge in [-0.3, -0.25) is 4.79 Å². The Balaban J connectivity index is 2.40. The van der Waals surface area contributed by atoms with Crippen LogP contribution in [0.3, 0.4) is 0 Å². The summed E-state index contributed by atoms with van der Waals surface area (Å²) in [6.45, 7) is 4.03. The van der Waals surface area contributed by atoms with Crippen molar-refractivity contribution in [3.63, 3.8) is 0 Å². The molecule has 0 aromatic carbocycles. The third kappa shape index (κ3) is 4.29. The third-order valence-electron chi connectivity index (χ3n) is 4.14. The molecule has 1 aliphatic carbocycles. The molecule has 0 saturated carbocycles. The molecule has 1 atom stereocenters. The van der Waals surface area contributed by atoms with Gasteiger partial charge in [0.2, 0.25) is 5.75 Å². The van der Waals surface area contributed by atoms with Crippen molar-refractivity contribution in [3.8, 4) is 17.5 Å². The number of Topliss-reactive ketones (excluding diaryl/α,β-unsaturated/α-hetero) is 1. The van der Waals surface area contributed by atoms with Crippen LogP contribution in [0.4, 0.5) is 0 Å². The predicted octanol–water partition coefficient (Wildman–Crippen LogP) is 2.56. The van der Waals surface area contributed by atoms with E-state index in [9.17, 15) is 9.90 Å². The van der Waals surface area contributed by atoms with Gasteiger partial charge in [-0.1, -0.05) is 12.1 Å². The number of hydrogen-bond donors (Lipinski definition) is 1. The van der Waals surface area contributed by atoms with Gasteiger partial charge in [0.15, 0.2) is 5.78 Å². The monoisotopic (exact) mass is 379 g/mol. The van der Waals surface area contributed by atoms with Crippen molar-refractivity contribution < 1.29 is 28.9 Å². The van der Waals surface area contributed by atoms with E-state index in [-0.39, 0.29) is 47.5 Å². The van der Waals surface area contributed by atoms with Crippen LogP contribution >= 0.6 is 0 Å². The highest BCUT2D eigenvalue weighted by atomic mass is 16.6. The van der Waals surface area contributed by atoms with E-state index < -0.39 is 5.92 Å². The van der Waals surface area contributed by atoms with E-state index in [2.05, 4.69) is 15.1 Å². The molecular weight excluding hydrogens is 354 g/mol. The zero-order valence-electron chi connectivity index (χ0n) is 16.2. The average Bonchev–Trinajstić information content (AvgIpc) is 2.68. The van der Waals surface area contributed by atoms with Gasteiger partial charge >= 0.3 is 0 Å². The zero-order chi connectivity index (χ0) is 20.0. The second kappa shape index (κ2) is 9.20. The van der Waals surface area contributed by atoms with E-state index in [0.717, 1.165) is 0 Å². The number of oxime groups is 1. The fourth-order valence-electron chi connectivity index (χ4n) is 2.89. The van der Waals surface area contributed by atoms with Gasteiger partial charge in [-0.2, -0.15) is 9.97 Å². The Hall–Kier alpha value is -2.84. The lowest BCUT2D eigenvalue weighted by Crippen LogP contribution is -2.25. The summed E-state index contributed by atoms with van der Waals surface area (Å²) < 4.78 is 15.7. The number of aromatic nitrogens is 2. The molecule has 0 radical (unpaired) electrons. The van der Waals surface area contributed by atoms with E-state index in [0.29, 0.717) is 24.6 Å². The summed E-state index contributed by atoms with van der Waals surface area (Å²) in [4.78, 5) is 26.4. The summed E-state index contributed by atoms with van der Waals surface area (Å²) >= 11 is 0. The van der Waals surface area contributed by atoms with Gasteiger partial charge in [0.1, 0.15) is 18.2 Å². The predicted molar refractivity (Wildman–Crippen MR) is 97.7 cm³/mol. The largest absolute Gasteiger partial charge is 0.511 e. The Kier molecular flexibility index (Phi) is 6.98. The number of carbonyl (C=O) groups is 1. The molecule has 1 N–H and O–H groups in total. The molecule has 1 aromatic rings. The second-order valence-electron chi connectivity index (χ2n) is 5.79. The summed E-state index contributed by atoms with van der Waals surface area (Å²) in [6.07, 6.45) is 0.796. The molecule has 0 spiro atoms. The maximum Gasteiger partial charge on any atom is 0.264 e. The highest BCUT2D eigenvalue weighted by Gasteiger charge is 2.34. The maximum absolute atomic E-state index is 12.7. The highest BCUT2D eigenvalue weighted by molar-refractivity contribution is 6.23. The number of allylic oxidation sites excluding steroid dienone is 2. The highest BCUT2D eigenvalue weighted by Crippen LogP contribution is 2.38. The third-order valence-corrected chi connectivity index (χ3v) is 4.14. The van der Waals surface area contributed by atoms with Gasteiger partial charge in [0, 0.05) is 18.8 Å². The Morgan fingerprint density at radius 3 is 2.19 bits per heavy atom. The van der Waals surface area contributed by atoms with Crippen LogP contribution in [0.1, 0.15) is 44.9 Å². The zero-order valence-corrected chi connectivity index (χ0v) is 16.2.